The molecule has 0 saturated heterocycles. The SMILES string of the molecule is Cc1nccn1-c1cc(Nc2ccc(NC(=O)c3cccnc3)cc2)ncn1. The molecule has 0 spiro atoms. The number of hydrogen-bond acceptors (Lipinski definition) is 6. The van der Waals surface area contributed by atoms with E-state index in [1.54, 1.807) is 24.5 Å². The van der Waals surface area contributed by atoms with E-state index >= 15 is 0 Å². The van der Waals surface area contributed by atoms with Crippen LogP contribution < -0.4 is 10.6 Å². The molecule has 3 aromatic heterocycles. The third kappa shape index (κ3) is 3.85. The highest BCUT2D eigenvalue weighted by Gasteiger charge is 2.07. The Morgan fingerprint density at radius 2 is 1.82 bits per heavy atom. The number of pyridine rings is 1. The maximum absolute atomic E-state index is 12.2. The number of benzene rings is 1. The number of nitrogens with zero attached hydrogens (tertiary/aromatic N) is 5. The van der Waals surface area contributed by atoms with Crippen LogP contribution in [0.2, 0.25) is 0 Å². The maximum Gasteiger partial charge on any atom is 0.257 e. The lowest BCUT2D eigenvalue weighted by Gasteiger charge is -2.09. The molecule has 8 nitrogen and oxygen atoms in total. The van der Waals surface area contributed by atoms with Crippen LogP contribution in [0.4, 0.5) is 17.2 Å². The highest BCUT2D eigenvalue weighted by molar-refractivity contribution is 6.04. The molecule has 3 heterocycles. The fourth-order valence-electron chi connectivity index (χ4n) is 2.65. The number of amides is 1. The van der Waals surface area contributed by atoms with Crippen LogP contribution >= 0.6 is 0 Å². The minimum Gasteiger partial charge on any atom is -0.340 e. The van der Waals surface area contributed by atoms with E-state index in [1.165, 1.54) is 12.5 Å². The Hall–Kier alpha value is -4.07. The van der Waals surface area contributed by atoms with Crippen molar-refractivity contribution in [1.82, 2.24) is 24.5 Å². The van der Waals surface area contributed by atoms with Crippen LogP contribution in [0.15, 0.2) is 73.6 Å². The Morgan fingerprint density at radius 3 is 2.54 bits per heavy atom. The van der Waals surface area contributed by atoms with Crippen molar-refractivity contribution in [2.75, 3.05) is 10.6 Å². The van der Waals surface area contributed by atoms with E-state index in [0.717, 1.165) is 17.3 Å². The number of aromatic nitrogens is 5. The zero-order valence-corrected chi connectivity index (χ0v) is 15.1. The van der Waals surface area contributed by atoms with Crippen molar-refractivity contribution in [2.45, 2.75) is 6.92 Å². The van der Waals surface area contributed by atoms with Crippen LogP contribution in [0, 0.1) is 6.92 Å². The van der Waals surface area contributed by atoms with E-state index in [2.05, 4.69) is 30.6 Å². The van der Waals surface area contributed by atoms with Gasteiger partial charge in [0.25, 0.3) is 5.91 Å². The van der Waals surface area contributed by atoms with E-state index in [-0.39, 0.29) is 5.91 Å². The molecule has 0 aliphatic carbocycles. The zero-order valence-electron chi connectivity index (χ0n) is 15.1. The number of carbonyl (C=O) groups excluding carboxylic acids is 1. The summed E-state index contributed by atoms with van der Waals surface area (Å²) in [4.78, 5) is 28.9. The van der Waals surface area contributed by atoms with Gasteiger partial charge in [-0.1, -0.05) is 0 Å². The number of aryl methyl sites for hydroxylation is 1. The summed E-state index contributed by atoms with van der Waals surface area (Å²) in [6.45, 7) is 1.91. The van der Waals surface area contributed by atoms with E-state index in [9.17, 15) is 4.79 Å². The molecule has 0 saturated carbocycles. The van der Waals surface area contributed by atoms with Crippen LogP contribution in [0.3, 0.4) is 0 Å². The third-order valence-corrected chi connectivity index (χ3v) is 4.06. The molecule has 138 valence electrons. The summed E-state index contributed by atoms with van der Waals surface area (Å²) in [7, 11) is 0. The van der Waals surface area contributed by atoms with E-state index < -0.39 is 0 Å². The number of anilines is 3. The van der Waals surface area contributed by atoms with Gasteiger partial charge in [-0.15, -0.1) is 0 Å². The predicted molar refractivity (Wildman–Crippen MR) is 106 cm³/mol. The summed E-state index contributed by atoms with van der Waals surface area (Å²) in [6, 6.07) is 12.6. The maximum atomic E-state index is 12.2. The summed E-state index contributed by atoms with van der Waals surface area (Å²) < 4.78 is 1.88. The minimum absolute atomic E-state index is 0.204. The van der Waals surface area contributed by atoms with Gasteiger partial charge in [0.1, 0.15) is 23.8 Å². The van der Waals surface area contributed by atoms with Gasteiger partial charge in [-0.3, -0.25) is 14.3 Å². The Kier molecular flexibility index (Phi) is 4.75. The number of nitrogens with one attached hydrogen (secondary N) is 2. The minimum atomic E-state index is -0.204. The van der Waals surface area contributed by atoms with Crippen LogP contribution in [0.1, 0.15) is 16.2 Å². The summed E-state index contributed by atoms with van der Waals surface area (Å²) in [5.41, 5.74) is 2.04. The molecule has 0 bridgehead atoms. The average molecular weight is 371 g/mol. The molecule has 4 aromatic rings. The lowest BCUT2D eigenvalue weighted by Crippen LogP contribution is -2.11. The fraction of sp³-hybridized carbons (Fsp3) is 0.0500. The molecule has 8 heteroatoms. The monoisotopic (exact) mass is 371 g/mol. The van der Waals surface area contributed by atoms with Gasteiger partial charge in [0.05, 0.1) is 5.56 Å². The van der Waals surface area contributed by atoms with Crippen molar-refractivity contribution >= 4 is 23.1 Å². The van der Waals surface area contributed by atoms with Crippen LogP contribution in [0.5, 0.6) is 0 Å². The number of rotatable bonds is 5. The number of hydrogen-bond donors (Lipinski definition) is 2. The van der Waals surface area contributed by atoms with Gasteiger partial charge >= 0.3 is 0 Å². The van der Waals surface area contributed by atoms with Crippen molar-refractivity contribution in [3.63, 3.8) is 0 Å². The molecular formula is C20H17N7O. The first-order chi connectivity index (χ1) is 13.7. The van der Waals surface area contributed by atoms with Gasteiger partial charge in [0.2, 0.25) is 0 Å². The molecule has 0 atom stereocenters. The molecule has 0 unspecified atom stereocenters. The van der Waals surface area contributed by atoms with E-state index in [1.807, 2.05) is 48.0 Å². The normalized spacial score (nSPS) is 10.5. The Labute approximate surface area is 161 Å². The summed E-state index contributed by atoms with van der Waals surface area (Å²) >= 11 is 0. The average Bonchev–Trinajstić information content (AvgIpc) is 3.16. The van der Waals surface area contributed by atoms with Gasteiger partial charge in [0.15, 0.2) is 0 Å². The number of carbonyl (C=O) groups is 1. The number of imidazole rings is 1. The Balaban J connectivity index is 1.45. The molecule has 1 amide bonds. The molecule has 0 aliphatic heterocycles. The molecule has 0 radical (unpaired) electrons. The Bertz CT molecular complexity index is 1090. The van der Waals surface area contributed by atoms with Gasteiger partial charge in [-0.25, -0.2) is 15.0 Å². The van der Waals surface area contributed by atoms with Gasteiger partial charge < -0.3 is 10.6 Å². The summed E-state index contributed by atoms with van der Waals surface area (Å²) in [5.74, 6) is 2.03. The summed E-state index contributed by atoms with van der Waals surface area (Å²) in [6.07, 6.45) is 8.23. The van der Waals surface area contributed by atoms with Crippen LogP contribution in [-0.2, 0) is 0 Å². The molecular weight excluding hydrogens is 354 g/mol. The highest BCUT2D eigenvalue weighted by atomic mass is 16.1. The molecule has 2 N–H and O–H groups in total. The molecule has 0 fully saturated rings. The van der Waals surface area contributed by atoms with Crippen LogP contribution in [0.25, 0.3) is 5.82 Å². The molecule has 1 aromatic carbocycles. The second-order valence-corrected chi connectivity index (χ2v) is 6.00. The van der Waals surface area contributed by atoms with Gasteiger partial charge in [-0.05, 0) is 43.3 Å². The van der Waals surface area contributed by atoms with Crippen molar-refractivity contribution in [3.8, 4) is 5.82 Å². The molecule has 28 heavy (non-hydrogen) atoms. The van der Waals surface area contributed by atoms with Crippen LogP contribution in [-0.4, -0.2) is 30.4 Å². The smallest absolute Gasteiger partial charge is 0.257 e. The summed E-state index contributed by atoms with van der Waals surface area (Å²) in [5, 5.41) is 6.07. The molecule has 4 rings (SSSR count). The first-order valence-corrected chi connectivity index (χ1v) is 8.60. The van der Waals surface area contributed by atoms with E-state index in [4.69, 9.17) is 0 Å². The van der Waals surface area contributed by atoms with Crippen molar-refractivity contribution in [2.24, 2.45) is 0 Å². The van der Waals surface area contributed by atoms with Crippen molar-refractivity contribution in [1.29, 1.82) is 0 Å². The second kappa shape index (κ2) is 7.67. The first-order valence-electron chi connectivity index (χ1n) is 8.60. The Morgan fingerprint density at radius 1 is 1.00 bits per heavy atom. The zero-order chi connectivity index (χ0) is 19.3. The lowest BCUT2D eigenvalue weighted by molar-refractivity contribution is 0.102. The highest BCUT2D eigenvalue weighted by Crippen LogP contribution is 2.19. The largest absolute Gasteiger partial charge is 0.340 e. The second-order valence-electron chi connectivity index (χ2n) is 6.00. The van der Waals surface area contributed by atoms with E-state index in [0.29, 0.717) is 17.1 Å². The topological polar surface area (TPSA) is 97.6 Å². The third-order valence-electron chi connectivity index (χ3n) is 4.06. The lowest BCUT2D eigenvalue weighted by atomic mass is 10.2. The standard InChI is InChI=1S/C20H17N7O/c1-14-22-9-10-27(14)19-11-18(23-13-24-19)25-16-4-6-17(7-5-16)26-20(28)15-3-2-8-21-12-15/h2-13H,1H3,(H,26,28)(H,23,24,25). The van der Waals surface area contributed by atoms with Gasteiger partial charge in [-0.2, -0.15) is 0 Å². The molecule has 0 aliphatic rings. The van der Waals surface area contributed by atoms with Crippen molar-refractivity contribution in [3.05, 3.63) is 85.0 Å². The fourth-order valence-corrected chi connectivity index (χ4v) is 2.65. The van der Waals surface area contributed by atoms with Gasteiger partial charge in [0, 0.05) is 42.2 Å². The quantitative estimate of drug-likeness (QED) is 0.558. The van der Waals surface area contributed by atoms with Crippen molar-refractivity contribution < 1.29 is 4.79 Å². The first kappa shape index (κ1) is 17.3. The predicted octanol–water partition coefficient (Wildman–Crippen LogP) is 3.36.